The summed E-state index contributed by atoms with van der Waals surface area (Å²) < 4.78 is 0. The molecule has 0 aliphatic rings. The number of benzene rings is 1. The van der Waals surface area contributed by atoms with E-state index in [1.807, 2.05) is 31.2 Å². The lowest BCUT2D eigenvalue weighted by Gasteiger charge is -2.31. The zero-order valence-electron chi connectivity index (χ0n) is 12.5. The van der Waals surface area contributed by atoms with Crippen molar-refractivity contribution in [1.29, 1.82) is 10.8 Å². The molecule has 5 N–H and O–H groups in total. The number of nitrogens with one attached hydrogen (secondary N) is 2. The van der Waals surface area contributed by atoms with Crippen molar-refractivity contribution in [3.63, 3.8) is 0 Å². The van der Waals surface area contributed by atoms with Crippen LogP contribution >= 0.6 is 0 Å². The fourth-order valence-corrected chi connectivity index (χ4v) is 2.10. The maximum atomic E-state index is 9.54. The van der Waals surface area contributed by atoms with Crippen LogP contribution in [0.4, 0.5) is 0 Å². The van der Waals surface area contributed by atoms with Gasteiger partial charge in [0, 0.05) is 12.0 Å². The van der Waals surface area contributed by atoms with Crippen molar-refractivity contribution in [2.24, 2.45) is 0 Å². The van der Waals surface area contributed by atoms with Crippen LogP contribution in [-0.4, -0.2) is 47.3 Å². The maximum Gasteiger partial charge on any atom is 0.231 e. The van der Waals surface area contributed by atoms with E-state index in [4.69, 9.17) is 25.5 Å². The molecule has 1 aromatic rings. The molecule has 0 amide bonds. The Morgan fingerprint density at radius 2 is 1.50 bits per heavy atom. The SMILES string of the molecule is Cc1ccccc1C(CO)(CO)CCCO.N=C=O.N=C=O. The van der Waals surface area contributed by atoms with Crippen LogP contribution in [0.2, 0.25) is 0 Å². The molecule has 22 heavy (non-hydrogen) atoms. The van der Waals surface area contributed by atoms with Gasteiger partial charge < -0.3 is 15.3 Å². The molecule has 0 heterocycles. The van der Waals surface area contributed by atoms with E-state index in [2.05, 4.69) is 0 Å². The first kappa shape index (κ1) is 22.1. The van der Waals surface area contributed by atoms with Gasteiger partial charge in [-0.2, -0.15) is 0 Å². The number of hydrogen-bond donors (Lipinski definition) is 5. The van der Waals surface area contributed by atoms with Crippen molar-refractivity contribution in [3.8, 4) is 0 Å². The Labute approximate surface area is 129 Å². The summed E-state index contributed by atoms with van der Waals surface area (Å²) in [7, 11) is 0. The monoisotopic (exact) mass is 310 g/mol. The minimum absolute atomic E-state index is 0.0770. The number of carbonyl (C=O) groups excluding carboxylic acids is 2. The Morgan fingerprint density at radius 1 is 1.05 bits per heavy atom. The van der Waals surface area contributed by atoms with Crippen LogP contribution in [0.5, 0.6) is 0 Å². The molecular formula is C15H22N2O5. The number of aliphatic hydroxyl groups is 3. The lowest BCUT2D eigenvalue weighted by Crippen LogP contribution is -2.35. The molecule has 0 aliphatic heterocycles. The molecule has 7 heteroatoms. The van der Waals surface area contributed by atoms with Gasteiger partial charge in [-0.15, -0.1) is 0 Å². The Morgan fingerprint density at radius 3 is 1.86 bits per heavy atom. The van der Waals surface area contributed by atoms with Crippen molar-refractivity contribution >= 4 is 12.2 Å². The van der Waals surface area contributed by atoms with E-state index in [1.54, 1.807) is 0 Å². The molecule has 0 fully saturated rings. The molecule has 0 bridgehead atoms. The lowest BCUT2D eigenvalue weighted by molar-refractivity contribution is 0.102. The molecule has 1 aromatic carbocycles. The third kappa shape index (κ3) is 7.59. The molecule has 1 rings (SSSR count). The van der Waals surface area contributed by atoms with E-state index >= 15 is 0 Å². The van der Waals surface area contributed by atoms with Crippen LogP contribution in [0.15, 0.2) is 24.3 Å². The summed E-state index contributed by atoms with van der Waals surface area (Å²) >= 11 is 0. The largest absolute Gasteiger partial charge is 0.396 e. The van der Waals surface area contributed by atoms with Crippen LogP contribution in [-0.2, 0) is 15.0 Å². The highest BCUT2D eigenvalue weighted by molar-refractivity contribution is 5.33. The molecule has 0 saturated carbocycles. The molecule has 7 nitrogen and oxygen atoms in total. The Balaban J connectivity index is 0. The molecule has 0 saturated heterocycles. The number of hydrogen-bond acceptors (Lipinski definition) is 7. The van der Waals surface area contributed by atoms with E-state index in [0.29, 0.717) is 12.8 Å². The van der Waals surface area contributed by atoms with Gasteiger partial charge in [0.05, 0.1) is 13.2 Å². The first-order chi connectivity index (χ1) is 10.5. The average molecular weight is 310 g/mol. The first-order valence-electron chi connectivity index (χ1n) is 6.49. The minimum atomic E-state index is -0.631. The predicted octanol–water partition coefficient (Wildman–Crippen LogP) is 0.792. The highest BCUT2D eigenvalue weighted by Gasteiger charge is 2.31. The zero-order chi connectivity index (χ0) is 17.4. The minimum Gasteiger partial charge on any atom is -0.396 e. The molecule has 122 valence electrons. The Kier molecular flexibility index (Phi) is 13.9. The van der Waals surface area contributed by atoms with Crippen molar-refractivity contribution in [2.45, 2.75) is 25.2 Å². The van der Waals surface area contributed by atoms with Crippen LogP contribution in [0.25, 0.3) is 0 Å². The standard InChI is InChI=1S/C13H20O3.2CHNO/c1-11-5-2-3-6-12(11)13(9-15,10-16)7-4-8-14;2*2-1-3/h2-3,5-6,14-16H,4,7-10H2,1H3;2*2H. The quantitative estimate of drug-likeness (QED) is 0.390. The van der Waals surface area contributed by atoms with E-state index in [-0.39, 0.29) is 19.8 Å². The lowest BCUT2D eigenvalue weighted by atomic mass is 9.76. The number of isocyanates is 2. The maximum absolute atomic E-state index is 9.54. The van der Waals surface area contributed by atoms with E-state index in [9.17, 15) is 10.2 Å². The molecular weight excluding hydrogens is 288 g/mol. The van der Waals surface area contributed by atoms with E-state index < -0.39 is 5.41 Å². The zero-order valence-corrected chi connectivity index (χ0v) is 12.5. The molecule has 0 atom stereocenters. The molecule has 0 aliphatic carbocycles. The number of aliphatic hydroxyl groups excluding tert-OH is 3. The van der Waals surface area contributed by atoms with Crippen LogP contribution in [0.1, 0.15) is 24.0 Å². The summed E-state index contributed by atoms with van der Waals surface area (Å²) in [6, 6.07) is 7.74. The van der Waals surface area contributed by atoms with Crippen LogP contribution in [0.3, 0.4) is 0 Å². The summed E-state index contributed by atoms with van der Waals surface area (Å²) in [6.45, 7) is 1.84. The second-order valence-corrected chi connectivity index (χ2v) is 4.44. The van der Waals surface area contributed by atoms with Gasteiger partial charge in [0.25, 0.3) is 0 Å². The number of aryl methyl sites for hydroxylation is 1. The van der Waals surface area contributed by atoms with Gasteiger partial charge in [0.2, 0.25) is 12.2 Å². The Bertz CT molecular complexity index is 463. The average Bonchev–Trinajstić information content (AvgIpc) is 2.52. The van der Waals surface area contributed by atoms with Gasteiger partial charge in [0.15, 0.2) is 0 Å². The Hall–Kier alpha value is -2.14. The topological polar surface area (TPSA) is 143 Å². The fraction of sp³-hybridized carbons (Fsp3) is 0.467. The smallest absolute Gasteiger partial charge is 0.231 e. The molecule has 0 spiro atoms. The van der Waals surface area contributed by atoms with E-state index in [1.165, 1.54) is 0 Å². The van der Waals surface area contributed by atoms with Gasteiger partial charge >= 0.3 is 0 Å². The van der Waals surface area contributed by atoms with Crippen molar-refractivity contribution < 1.29 is 24.9 Å². The molecule has 0 unspecified atom stereocenters. The van der Waals surface area contributed by atoms with Gasteiger partial charge in [-0.25, -0.2) is 20.4 Å². The normalized spacial score (nSPS) is 9.27. The summed E-state index contributed by atoms with van der Waals surface area (Å²) in [5.74, 6) is 0. The van der Waals surface area contributed by atoms with Gasteiger partial charge in [-0.1, -0.05) is 24.3 Å². The van der Waals surface area contributed by atoms with Crippen molar-refractivity contribution in [1.82, 2.24) is 0 Å². The first-order valence-corrected chi connectivity index (χ1v) is 6.49. The summed E-state index contributed by atoms with van der Waals surface area (Å²) in [4.78, 5) is 16.7. The third-order valence-electron chi connectivity index (χ3n) is 3.14. The number of rotatable bonds is 6. The summed E-state index contributed by atoms with van der Waals surface area (Å²) in [6.07, 6.45) is 2.66. The fourth-order valence-electron chi connectivity index (χ4n) is 2.10. The highest BCUT2D eigenvalue weighted by Crippen LogP contribution is 2.30. The molecule has 0 aromatic heterocycles. The van der Waals surface area contributed by atoms with E-state index in [0.717, 1.165) is 23.3 Å². The second-order valence-electron chi connectivity index (χ2n) is 4.44. The van der Waals surface area contributed by atoms with Gasteiger partial charge in [-0.3, -0.25) is 0 Å². The van der Waals surface area contributed by atoms with Crippen LogP contribution < -0.4 is 0 Å². The summed E-state index contributed by atoms with van der Waals surface area (Å²) in [5.41, 5.74) is 1.39. The highest BCUT2D eigenvalue weighted by atomic mass is 16.3. The molecule has 0 radical (unpaired) electrons. The summed E-state index contributed by atoms with van der Waals surface area (Å²) in [5, 5.41) is 38.8. The van der Waals surface area contributed by atoms with Crippen molar-refractivity contribution in [3.05, 3.63) is 35.4 Å². The van der Waals surface area contributed by atoms with Crippen LogP contribution in [0, 0.1) is 17.7 Å². The van der Waals surface area contributed by atoms with Crippen molar-refractivity contribution in [2.75, 3.05) is 19.8 Å². The predicted molar refractivity (Wildman–Crippen MR) is 80.2 cm³/mol. The second kappa shape index (κ2) is 13.8. The van der Waals surface area contributed by atoms with Gasteiger partial charge in [-0.05, 0) is 30.9 Å². The van der Waals surface area contributed by atoms with Gasteiger partial charge in [0.1, 0.15) is 0 Å². The third-order valence-corrected chi connectivity index (χ3v) is 3.14.